The normalized spacial score (nSPS) is 16.5. The molecule has 12 heteroatoms. The highest BCUT2D eigenvalue weighted by atomic mass is 35.5. The first-order valence-corrected chi connectivity index (χ1v) is 14.5. The summed E-state index contributed by atoms with van der Waals surface area (Å²) in [4.78, 5) is 42.5. The first-order chi connectivity index (χ1) is 21.1. The van der Waals surface area contributed by atoms with Crippen LogP contribution in [0.15, 0.2) is 64.3 Å². The lowest BCUT2D eigenvalue weighted by Gasteiger charge is -2.28. The first-order valence-electron chi connectivity index (χ1n) is 14.1. The van der Waals surface area contributed by atoms with Gasteiger partial charge in [-0.1, -0.05) is 48.0 Å². The maximum atomic E-state index is 13.1. The van der Waals surface area contributed by atoms with E-state index in [0.717, 1.165) is 26.8 Å². The van der Waals surface area contributed by atoms with Crippen molar-refractivity contribution in [3.05, 3.63) is 97.3 Å². The first kappa shape index (κ1) is 31.1. The highest BCUT2D eigenvalue weighted by molar-refractivity contribution is 6.36. The molecule has 1 fully saturated rings. The van der Waals surface area contributed by atoms with Crippen LogP contribution >= 0.6 is 11.6 Å². The Hall–Kier alpha value is -4.29. The van der Waals surface area contributed by atoms with Crippen molar-refractivity contribution in [2.24, 2.45) is 14.1 Å². The van der Waals surface area contributed by atoms with Gasteiger partial charge in [0.1, 0.15) is 5.56 Å². The van der Waals surface area contributed by atoms with Crippen LogP contribution < -0.4 is 26.6 Å². The van der Waals surface area contributed by atoms with E-state index in [1.54, 1.807) is 19.2 Å². The predicted molar refractivity (Wildman–Crippen MR) is 168 cm³/mol. The van der Waals surface area contributed by atoms with Crippen LogP contribution in [0.2, 0.25) is 5.02 Å². The molecule has 0 aliphatic carbocycles. The summed E-state index contributed by atoms with van der Waals surface area (Å²) in [6, 6.07) is 14.8. The van der Waals surface area contributed by atoms with Gasteiger partial charge < -0.3 is 29.8 Å². The Balaban J connectivity index is 1.42. The number of aliphatic hydroxyl groups excluding tert-OH is 1. The van der Waals surface area contributed by atoms with Gasteiger partial charge in [0.15, 0.2) is 0 Å². The van der Waals surface area contributed by atoms with Gasteiger partial charge in [0.05, 0.1) is 30.5 Å². The molecule has 44 heavy (non-hydrogen) atoms. The Bertz CT molecular complexity index is 1840. The van der Waals surface area contributed by atoms with Gasteiger partial charge >= 0.3 is 5.69 Å². The fourth-order valence-corrected chi connectivity index (χ4v) is 5.61. The molecule has 1 aliphatic heterocycles. The zero-order chi connectivity index (χ0) is 31.5. The molecular formula is C32H34ClN5O6. The summed E-state index contributed by atoms with van der Waals surface area (Å²) < 4.78 is 13.0. The van der Waals surface area contributed by atoms with Gasteiger partial charge in [0.25, 0.3) is 11.5 Å². The molecule has 3 N–H and O–H groups in total. The molecule has 2 aromatic carbocycles. The summed E-state index contributed by atoms with van der Waals surface area (Å²) in [7, 11) is 4.37. The number of carbonyl (C=O) groups is 1. The second-order valence-corrected chi connectivity index (χ2v) is 11.1. The van der Waals surface area contributed by atoms with Crippen LogP contribution in [0.25, 0.3) is 22.4 Å². The van der Waals surface area contributed by atoms with Gasteiger partial charge in [0.2, 0.25) is 5.88 Å². The van der Waals surface area contributed by atoms with Gasteiger partial charge in [-0.3, -0.25) is 14.2 Å². The van der Waals surface area contributed by atoms with Crippen LogP contribution in [0.4, 0.5) is 5.69 Å². The molecule has 2 atom stereocenters. The number of rotatable bonds is 8. The number of ether oxygens (including phenoxy) is 2. The average molecular weight is 620 g/mol. The molecule has 2 aromatic heterocycles. The lowest BCUT2D eigenvalue weighted by Crippen LogP contribution is -2.46. The maximum absolute atomic E-state index is 13.1. The second kappa shape index (κ2) is 13.1. The Morgan fingerprint density at radius 1 is 1.11 bits per heavy atom. The summed E-state index contributed by atoms with van der Waals surface area (Å²) in [5, 5.41) is 16.8. The molecule has 5 rings (SSSR count). The number of halogens is 1. The summed E-state index contributed by atoms with van der Waals surface area (Å²) in [5.74, 6) is -0.179. The van der Waals surface area contributed by atoms with E-state index in [-0.39, 0.29) is 11.6 Å². The van der Waals surface area contributed by atoms with E-state index in [1.807, 2.05) is 43.3 Å². The van der Waals surface area contributed by atoms with E-state index in [1.165, 1.54) is 24.9 Å². The minimum absolute atomic E-state index is 0.0743. The molecule has 1 saturated heterocycles. The third-order valence-electron chi connectivity index (χ3n) is 7.85. The lowest BCUT2D eigenvalue weighted by atomic mass is 9.96. The van der Waals surface area contributed by atoms with Gasteiger partial charge in [0, 0.05) is 61.9 Å². The van der Waals surface area contributed by atoms with Crippen LogP contribution in [0.5, 0.6) is 5.88 Å². The van der Waals surface area contributed by atoms with E-state index in [2.05, 4.69) is 10.6 Å². The second-order valence-electron chi connectivity index (χ2n) is 10.7. The number of nitrogens with one attached hydrogen (secondary N) is 2. The third kappa shape index (κ3) is 6.18. The van der Waals surface area contributed by atoms with Crippen molar-refractivity contribution in [1.82, 2.24) is 19.4 Å². The fourth-order valence-electron chi connectivity index (χ4n) is 5.29. The number of nitrogens with zero attached hydrogens (tertiary/aromatic N) is 3. The molecule has 0 bridgehead atoms. The Labute approximate surface area is 259 Å². The molecule has 0 unspecified atom stereocenters. The van der Waals surface area contributed by atoms with Gasteiger partial charge in [-0.25, -0.2) is 9.78 Å². The fraction of sp³-hybridized carbons (Fsp3) is 0.312. The zero-order valence-electron chi connectivity index (χ0n) is 24.9. The smallest absolute Gasteiger partial charge is 0.330 e. The van der Waals surface area contributed by atoms with Gasteiger partial charge in [-0.2, -0.15) is 0 Å². The van der Waals surface area contributed by atoms with E-state index < -0.39 is 23.3 Å². The molecule has 0 spiro atoms. The van der Waals surface area contributed by atoms with Crippen molar-refractivity contribution in [2.75, 3.05) is 25.6 Å². The van der Waals surface area contributed by atoms with Crippen LogP contribution in [0.1, 0.15) is 27.9 Å². The molecule has 230 valence electrons. The molecule has 0 saturated carbocycles. The number of carbonyl (C=O) groups excluding carboxylic acids is 1. The van der Waals surface area contributed by atoms with E-state index >= 15 is 0 Å². The van der Waals surface area contributed by atoms with E-state index in [0.29, 0.717) is 54.0 Å². The van der Waals surface area contributed by atoms with Crippen LogP contribution in [-0.2, 0) is 25.4 Å². The van der Waals surface area contributed by atoms with Crippen molar-refractivity contribution >= 4 is 23.2 Å². The van der Waals surface area contributed by atoms with Crippen molar-refractivity contribution in [2.45, 2.75) is 32.0 Å². The topological polar surface area (TPSA) is 137 Å². The Morgan fingerprint density at radius 3 is 2.59 bits per heavy atom. The Kier molecular flexibility index (Phi) is 9.31. The minimum Gasteiger partial charge on any atom is -0.481 e. The number of anilines is 1. The molecule has 1 aliphatic rings. The predicted octanol–water partition coefficient (Wildman–Crippen LogP) is 3.28. The number of aryl methyl sites for hydroxylation is 1. The number of aromatic nitrogens is 3. The maximum Gasteiger partial charge on any atom is 0.330 e. The molecule has 11 nitrogen and oxygen atoms in total. The molecule has 4 aromatic rings. The summed E-state index contributed by atoms with van der Waals surface area (Å²) in [6.45, 7) is 3.23. The van der Waals surface area contributed by atoms with Crippen molar-refractivity contribution in [3.8, 4) is 28.3 Å². The highest BCUT2D eigenvalue weighted by Gasteiger charge is 2.24. The van der Waals surface area contributed by atoms with Crippen LogP contribution in [0.3, 0.4) is 0 Å². The number of aliphatic hydroxyl groups is 1. The molecular weight excluding hydrogens is 586 g/mol. The third-order valence-corrected chi connectivity index (χ3v) is 8.26. The molecule has 1 amide bonds. The van der Waals surface area contributed by atoms with E-state index in [4.69, 9.17) is 26.1 Å². The van der Waals surface area contributed by atoms with E-state index in [9.17, 15) is 19.5 Å². The van der Waals surface area contributed by atoms with Crippen LogP contribution in [-0.4, -0.2) is 57.6 Å². The number of hydrogen-bond acceptors (Lipinski definition) is 8. The Morgan fingerprint density at radius 2 is 1.84 bits per heavy atom. The lowest BCUT2D eigenvalue weighted by molar-refractivity contribution is -0.0281. The van der Waals surface area contributed by atoms with Crippen LogP contribution in [0, 0.1) is 6.92 Å². The number of amides is 1. The quantitative estimate of drug-likeness (QED) is 0.273. The summed E-state index contributed by atoms with van der Waals surface area (Å²) >= 11 is 6.99. The summed E-state index contributed by atoms with van der Waals surface area (Å²) in [5.41, 5.74) is 3.56. The van der Waals surface area contributed by atoms with Crippen molar-refractivity contribution in [1.29, 1.82) is 0 Å². The molecule has 3 heterocycles. The van der Waals surface area contributed by atoms with Gasteiger partial charge in [-0.15, -0.1) is 0 Å². The number of pyridine rings is 1. The minimum atomic E-state index is -0.680. The summed E-state index contributed by atoms with van der Waals surface area (Å²) in [6.07, 6.45) is 1.38. The number of hydrogen-bond donors (Lipinski definition) is 3. The van der Waals surface area contributed by atoms with Gasteiger partial charge in [-0.05, 0) is 36.6 Å². The standard InChI is InChI=1S/C32H34ClN5O6/c1-18-20(7-6-10-24(18)35-29(40)23-16-37(2)32(42)38(3)31(23)41)21-8-5-9-22(28(21)33)25-12-11-19(30(36-25)43-4)15-34-26-13-14-44-17-27(26)39/h5-12,16,26-27,34,39H,13-15,17H2,1-4H3,(H,35,40)/t26-,27-/m0/s1. The number of methoxy groups -OCH3 is 1. The highest BCUT2D eigenvalue weighted by Crippen LogP contribution is 2.39. The number of benzene rings is 2. The monoisotopic (exact) mass is 619 g/mol. The largest absolute Gasteiger partial charge is 0.481 e. The van der Waals surface area contributed by atoms with Crippen molar-refractivity contribution < 1.29 is 19.4 Å². The zero-order valence-corrected chi connectivity index (χ0v) is 25.6. The molecule has 0 radical (unpaired) electrons. The van der Waals surface area contributed by atoms with Crippen molar-refractivity contribution in [3.63, 3.8) is 0 Å². The SMILES string of the molecule is COc1nc(-c2cccc(-c3cccc(NC(=O)c4cn(C)c(=O)n(C)c4=O)c3C)c2Cl)ccc1CN[C@H]1CCOC[C@@H]1O. The average Bonchev–Trinajstić information content (AvgIpc) is 3.02.